The number of carboxylic acid groups (broad SMARTS) is 1. The molecular weight excluding hydrogens is 376 g/mol. The number of aromatic carboxylic acids is 1. The van der Waals surface area contributed by atoms with Crippen molar-refractivity contribution in [1.29, 1.82) is 0 Å². The molecule has 0 heterocycles. The first-order valence-corrected chi connectivity index (χ1v) is 6.72. The largest absolute Gasteiger partial charge is 0.477 e. The standard InChI is InChI=1S/C13H7BrN2O7/c14-7-1-3-8(4-2-7)23-12-5-9(13(17)18)10(15(19)20)6-11(12)16(21)22/h1-6H,(H,17,18). The van der Waals surface area contributed by atoms with E-state index in [4.69, 9.17) is 9.84 Å². The molecule has 0 amide bonds. The van der Waals surface area contributed by atoms with Gasteiger partial charge >= 0.3 is 11.7 Å². The van der Waals surface area contributed by atoms with E-state index in [1.165, 1.54) is 12.1 Å². The number of nitrogens with zero attached hydrogens (tertiary/aromatic N) is 2. The number of carboxylic acids is 1. The Morgan fingerprint density at radius 2 is 1.61 bits per heavy atom. The molecule has 0 aliphatic carbocycles. The lowest BCUT2D eigenvalue weighted by atomic mass is 10.1. The van der Waals surface area contributed by atoms with E-state index in [9.17, 15) is 25.0 Å². The topological polar surface area (TPSA) is 133 Å². The predicted molar refractivity (Wildman–Crippen MR) is 80.9 cm³/mol. The number of hydrogen-bond donors (Lipinski definition) is 1. The monoisotopic (exact) mass is 382 g/mol. The van der Waals surface area contributed by atoms with Crippen molar-refractivity contribution in [1.82, 2.24) is 0 Å². The fraction of sp³-hybridized carbons (Fsp3) is 0. The Hall–Kier alpha value is -3.01. The van der Waals surface area contributed by atoms with Crippen LogP contribution in [0.2, 0.25) is 0 Å². The van der Waals surface area contributed by atoms with Crippen LogP contribution in [0.5, 0.6) is 11.5 Å². The van der Waals surface area contributed by atoms with Gasteiger partial charge in [-0.25, -0.2) is 4.79 Å². The molecule has 23 heavy (non-hydrogen) atoms. The van der Waals surface area contributed by atoms with Gasteiger partial charge in [0.05, 0.1) is 15.9 Å². The van der Waals surface area contributed by atoms with E-state index in [1.807, 2.05) is 0 Å². The number of carbonyl (C=O) groups is 1. The van der Waals surface area contributed by atoms with Gasteiger partial charge in [-0.2, -0.15) is 0 Å². The second-order valence-electron chi connectivity index (χ2n) is 4.21. The number of hydrogen-bond acceptors (Lipinski definition) is 6. The van der Waals surface area contributed by atoms with Crippen LogP contribution < -0.4 is 4.74 Å². The minimum Gasteiger partial charge on any atom is -0.477 e. The molecule has 0 unspecified atom stereocenters. The Morgan fingerprint density at radius 3 is 2.09 bits per heavy atom. The van der Waals surface area contributed by atoms with Gasteiger partial charge in [-0.15, -0.1) is 0 Å². The van der Waals surface area contributed by atoms with E-state index in [1.54, 1.807) is 12.1 Å². The van der Waals surface area contributed by atoms with Gasteiger partial charge in [-0.05, 0) is 24.3 Å². The molecule has 0 spiro atoms. The Kier molecular flexibility index (Phi) is 4.55. The second kappa shape index (κ2) is 6.40. The third-order valence-electron chi connectivity index (χ3n) is 2.74. The van der Waals surface area contributed by atoms with Crippen molar-refractivity contribution in [2.24, 2.45) is 0 Å². The molecule has 0 fully saturated rings. The van der Waals surface area contributed by atoms with Crippen LogP contribution in [-0.4, -0.2) is 20.9 Å². The molecule has 0 aliphatic rings. The Morgan fingerprint density at radius 1 is 1.04 bits per heavy atom. The van der Waals surface area contributed by atoms with Crippen LogP contribution in [0.25, 0.3) is 0 Å². The molecule has 2 rings (SSSR count). The quantitative estimate of drug-likeness (QED) is 0.614. The molecule has 0 saturated heterocycles. The van der Waals surface area contributed by atoms with Gasteiger partial charge in [-0.1, -0.05) is 15.9 Å². The van der Waals surface area contributed by atoms with E-state index in [0.717, 1.165) is 10.5 Å². The highest BCUT2D eigenvalue weighted by molar-refractivity contribution is 9.10. The minimum atomic E-state index is -1.59. The smallest absolute Gasteiger partial charge is 0.342 e. The fourth-order valence-corrected chi connectivity index (χ4v) is 2.00. The highest BCUT2D eigenvalue weighted by atomic mass is 79.9. The molecule has 1 N–H and O–H groups in total. The summed E-state index contributed by atoms with van der Waals surface area (Å²) in [5.41, 5.74) is -2.29. The lowest BCUT2D eigenvalue weighted by molar-refractivity contribution is -0.394. The summed E-state index contributed by atoms with van der Waals surface area (Å²) in [7, 11) is 0. The summed E-state index contributed by atoms with van der Waals surface area (Å²) in [5, 5.41) is 31.0. The van der Waals surface area contributed by atoms with Crippen molar-refractivity contribution in [3.8, 4) is 11.5 Å². The molecule has 2 aromatic rings. The normalized spacial score (nSPS) is 10.1. The highest BCUT2D eigenvalue weighted by Gasteiger charge is 2.29. The van der Waals surface area contributed by atoms with Gasteiger partial charge in [0.1, 0.15) is 11.3 Å². The van der Waals surface area contributed by atoms with Crippen LogP contribution in [0.4, 0.5) is 11.4 Å². The Balaban J connectivity index is 2.58. The SMILES string of the molecule is O=C(O)c1cc(Oc2ccc(Br)cc2)c([N+](=O)[O-])cc1[N+](=O)[O-]. The number of ether oxygens (including phenoxy) is 1. The van der Waals surface area contributed by atoms with Gasteiger partial charge in [0.25, 0.3) is 5.69 Å². The minimum absolute atomic E-state index is 0.210. The highest BCUT2D eigenvalue weighted by Crippen LogP contribution is 2.37. The molecule has 118 valence electrons. The van der Waals surface area contributed by atoms with E-state index in [2.05, 4.69) is 15.9 Å². The molecule has 0 atom stereocenters. The van der Waals surface area contributed by atoms with Crippen molar-refractivity contribution in [3.05, 3.63) is 66.7 Å². The number of rotatable bonds is 5. The fourth-order valence-electron chi connectivity index (χ4n) is 1.73. The van der Waals surface area contributed by atoms with Crippen LogP contribution in [0.1, 0.15) is 10.4 Å². The average molecular weight is 383 g/mol. The third-order valence-corrected chi connectivity index (χ3v) is 3.27. The molecule has 0 aromatic heterocycles. The number of nitro benzene ring substituents is 2. The van der Waals surface area contributed by atoms with Crippen LogP contribution in [0.3, 0.4) is 0 Å². The summed E-state index contributed by atoms with van der Waals surface area (Å²) in [4.78, 5) is 31.2. The first-order chi connectivity index (χ1) is 10.8. The summed E-state index contributed by atoms with van der Waals surface area (Å²) in [6, 6.07) is 7.55. The van der Waals surface area contributed by atoms with E-state index < -0.39 is 38.5 Å². The summed E-state index contributed by atoms with van der Waals surface area (Å²) in [5.74, 6) is -1.78. The molecule has 0 bridgehead atoms. The van der Waals surface area contributed by atoms with Crippen molar-refractivity contribution >= 4 is 33.3 Å². The first-order valence-electron chi connectivity index (χ1n) is 5.93. The molecule has 0 radical (unpaired) electrons. The summed E-state index contributed by atoms with van der Waals surface area (Å²) in [6.07, 6.45) is 0. The van der Waals surface area contributed by atoms with Gasteiger partial charge in [0.15, 0.2) is 0 Å². The van der Waals surface area contributed by atoms with Crippen molar-refractivity contribution in [2.75, 3.05) is 0 Å². The van der Waals surface area contributed by atoms with Gasteiger partial charge < -0.3 is 9.84 Å². The van der Waals surface area contributed by atoms with Gasteiger partial charge in [-0.3, -0.25) is 20.2 Å². The lowest BCUT2D eigenvalue weighted by Gasteiger charge is -2.08. The molecule has 2 aromatic carbocycles. The maximum Gasteiger partial charge on any atom is 0.342 e. The predicted octanol–water partition coefficient (Wildman–Crippen LogP) is 3.76. The summed E-state index contributed by atoms with van der Waals surface area (Å²) in [6.45, 7) is 0. The van der Waals surface area contributed by atoms with Crippen LogP contribution >= 0.6 is 15.9 Å². The lowest BCUT2D eigenvalue weighted by Crippen LogP contribution is -2.05. The maximum atomic E-state index is 11.1. The van der Waals surface area contributed by atoms with E-state index >= 15 is 0 Å². The maximum absolute atomic E-state index is 11.1. The zero-order valence-corrected chi connectivity index (χ0v) is 12.7. The first kappa shape index (κ1) is 16.4. The number of benzene rings is 2. The number of halogens is 1. The van der Waals surface area contributed by atoms with E-state index in [0.29, 0.717) is 6.07 Å². The van der Waals surface area contributed by atoms with Crippen LogP contribution in [-0.2, 0) is 0 Å². The average Bonchev–Trinajstić information content (AvgIpc) is 2.48. The zero-order valence-electron chi connectivity index (χ0n) is 11.1. The molecule has 10 heteroatoms. The Bertz CT molecular complexity index is 805. The van der Waals surface area contributed by atoms with Gasteiger partial charge in [0, 0.05) is 10.5 Å². The summed E-state index contributed by atoms with van der Waals surface area (Å²) >= 11 is 3.21. The van der Waals surface area contributed by atoms with E-state index in [-0.39, 0.29) is 5.75 Å². The number of nitro groups is 2. The van der Waals surface area contributed by atoms with Crippen molar-refractivity contribution in [2.45, 2.75) is 0 Å². The van der Waals surface area contributed by atoms with Crippen molar-refractivity contribution in [3.63, 3.8) is 0 Å². The zero-order chi connectivity index (χ0) is 17.1. The molecule has 0 saturated carbocycles. The third kappa shape index (κ3) is 3.61. The second-order valence-corrected chi connectivity index (χ2v) is 5.13. The summed E-state index contributed by atoms with van der Waals surface area (Å²) < 4.78 is 6.05. The van der Waals surface area contributed by atoms with Crippen LogP contribution in [0.15, 0.2) is 40.9 Å². The van der Waals surface area contributed by atoms with Crippen LogP contribution in [0, 0.1) is 20.2 Å². The molecular formula is C13H7BrN2O7. The van der Waals surface area contributed by atoms with Crippen molar-refractivity contribution < 1.29 is 24.5 Å². The Labute approximate surface area is 136 Å². The molecule has 0 aliphatic heterocycles. The molecule has 9 nitrogen and oxygen atoms in total. The van der Waals surface area contributed by atoms with Gasteiger partial charge in [0.2, 0.25) is 5.75 Å².